The molecule has 1 aromatic rings. The molecule has 2 aliphatic rings. The second-order valence-corrected chi connectivity index (χ2v) is 7.43. The minimum Gasteiger partial charge on any atom is -0.497 e. The molecule has 2 unspecified atom stereocenters. The van der Waals surface area contributed by atoms with E-state index < -0.39 is 0 Å². The molecule has 0 saturated carbocycles. The molecule has 3 rings (SSSR count). The van der Waals surface area contributed by atoms with Gasteiger partial charge >= 0.3 is 0 Å². The van der Waals surface area contributed by atoms with E-state index >= 15 is 0 Å². The van der Waals surface area contributed by atoms with Crippen LogP contribution >= 0.6 is 0 Å². The van der Waals surface area contributed by atoms with Crippen molar-refractivity contribution in [3.05, 3.63) is 35.5 Å². The lowest BCUT2D eigenvalue weighted by Crippen LogP contribution is -2.47. The lowest BCUT2D eigenvalue weighted by molar-refractivity contribution is -0.138. The number of ether oxygens (including phenoxy) is 3. The van der Waals surface area contributed by atoms with Crippen molar-refractivity contribution < 1.29 is 23.8 Å². The topological polar surface area (TPSA) is 68.3 Å². The van der Waals surface area contributed by atoms with Gasteiger partial charge in [-0.25, -0.2) is 0 Å². The molecule has 2 heterocycles. The summed E-state index contributed by atoms with van der Waals surface area (Å²) in [5.74, 6) is 0.215. The zero-order valence-electron chi connectivity index (χ0n) is 17.6. The van der Waals surface area contributed by atoms with Crippen molar-refractivity contribution in [2.24, 2.45) is 0 Å². The fourth-order valence-corrected chi connectivity index (χ4v) is 3.91. The summed E-state index contributed by atoms with van der Waals surface area (Å²) in [6.45, 7) is 8.52. The summed E-state index contributed by atoms with van der Waals surface area (Å²) in [5, 5.41) is 0. The Morgan fingerprint density at radius 1 is 1.07 bits per heavy atom. The Bertz CT molecular complexity index is 764. The summed E-state index contributed by atoms with van der Waals surface area (Å²) in [6.07, 6.45) is 0.585. The SMILES string of the molecule is CCOCCCN1C(=O)C(c2ccc(OC)cc2)=C(N2CC(C)OC(C)C2)C1=O. The maximum atomic E-state index is 13.3. The highest BCUT2D eigenvalue weighted by Gasteiger charge is 2.42. The molecule has 0 aliphatic carbocycles. The molecule has 2 amide bonds. The van der Waals surface area contributed by atoms with Gasteiger partial charge in [0, 0.05) is 32.8 Å². The van der Waals surface area contributed by atoms with Crippen molar-refractivity contribution in [2.75, 3.05) is 40.0 Å². The molecule has 2 aliphatic heterocycles. The lowest BCUT2D eigenvalue weighted by Gasteiger charge is -2.37. The predicted molar refractivity (Wildman–Crippen MR) is 109 cm³/mol. The highest BCUT2D eigenvalue weighted by Crippen LogP contribution is 2.34. The lowest BCUT2D eigenvalue weighted by atomic mass is 10.0. The van der Waals surface area contributed by atoms with Crippen molar-refractivity contribution in [3.63, 3.8) is 0 Å². The molecule has 1 fully saturated rings. The second kappa shape index (κ2) is 9.41. The summed E-state index contributed by atoms with van der Waals surface area (Å²) < 4.78 is 16.4. The summed E-state index contributed by atoms with van der Waals surface area (Å²) in [7, 11) is 1.60. The third-order valence-electron chi connectivity index (χ3n) is 5.13. The Kier molecular flexibility index (Phi) is 6.92. The molecule has 7 nitrogen and oxygen atoms in total. The largest absolute Gasteiger partial charge is 0.497 e. The van der Waals surface area contributed by atoms with E-state index in [-0.39, 0.29) is 24.0 Å². The molecular formula is C22H30N2O5. The molecule has 0 radical (unpaired) electrons. The van der Waals surface area contributed by atoms with Crippen LogP contribution in [0.1, 0.15) is 32.8 Å². The molecule has 7 heteroatoms. The Morgan fingerprint density at radius 3 is 2.31 bits per heavy atom. The van der Waals surface area contributed by atoms with Crippen molar-refractivity contribution in [1.29, 1.82) is 0 Å². The number of carbonyl (C=O) groups excluding carboxylic acids is 2. The Morgan fingerprint density at radius 2 is 1.72 bits per heavy atom. The van der Waals surface area contributed by atoms with Crippen molar-refractivity contribution >= 4 is 17.4 Å². The van der Waals surface area contributed by atoms with E-state index in [9.17, 15) is 9.59 Å². The van der Waals surface area contributed by atoms with Crippen LogP contribution in [0.4, 0.5) is 0 Å². The summed E-state index contributed by atoms with van der Waals surface area (Å²) in [4.78, 5) is 29.9. The fraction of sp³-hybridized carbons (Fsp3) is 0.545. The van der Waals surface area contributed by atoms with E-state index in [0.717, 1.165) is 5.56 Å². The Labute approximate surface area is 172 Å². The number of hydrogen-bond acceptors (Lipinski definition) is 6. The molecule has 2 atom stereocenters. The van der Waals surface area contributed by atoms with Gasteiger partial charge in [-0.05, 0) is 44.9 Å². The van der Waals surface area contributed by atoms with E-state index in [0.29, 0.717) is 56.3 Å². The van der Waals surface area contributed by atoms with Crippen LogP contribution < -0.4 is 4.74 Å². The van der Waals surface area contributed by atoms with Gasteiger partial charge in [0.1, 0.15) is 11.4 Å². The fourth-order valence-electron chi connectivity index (χ4n) is 3.91. The summed E-state index contributed by atoms with van der Waals surface area (Å²) in [6, 6.07) is 7.27. The van der Waals surface area contributed by atoms with Crippen molar-refractivity contribution in [2.45, 2.75) is 39.4 Å². The molecule has 0 N–H and O–H groups in total. The second-order valence-electron chi connectivity index (χ2n) is 7.43. The van der Waals surface area contributed by atoms with Crippen LogP contribution in [-0.4, -0.2) is 73.8 Å². The zero-order chi connectivity index (χ0) is 21.0. The van der Waals surface area contributed by atoms with Crippen LogP contribution in [0.25, 0.3) is 5.57 Å². The number of nitrogens with zero attached hydrogens (tertiary/aromatic N) is 2. The van der Waals surface area contributed by atoms with Crippen LogP contribution in [-0.2, 0) is 19.1 Å². The standard InChI is InChI=1S/C22H30N2O5/c1-5-28-12-6-11-24-21(25)19(17-7-9-18(27-4)10-8-17)20(22(24)26)23-13-15(2)29-16(3)14-23/h7-10,15-16H,5-6,11-14H2,1-4H3. The van der Waals surface area contributed by atoms with Gasteiger partial charge in [-0.15, -0.1) is 0 Å². The van der Waals surface area contributed by atoms with Gasteiger partial charge in [0.15, 0.2) is 0 Å². The first-order valence-electron chi connectivity index (χ1n) is 10.2. The maximum Gasteiger partial charge on any atom is 0.277 e. The number of morpholine rings is 1. The average Bonchev–Trinajstić information content (AvgIpc) is 2.95. The summed E-state index contributed by atoms with van der Waals surface area (Å²) in [5.41, 5.74) is 1.65. The minimum absolute atomic E-state index is 0.0155. The summed E-state index contributed by atoms with van der Waals surface area (Å²) >= 11 is 0. The molecule has 0 spiro atoms. The number of carbonyl (C=O) groups is 2. The van der Waals surface area contributed by atoms with E-state index in [1.54, 1.807) is 19.2 Å². The number of hydrogen-bond donors (Lipinski definition) is 0. The average molecular weight is 402 g/mol. The number of methoxy groups -OCH3 is 1. The van der Waals surface area contributed by atoms with Gasteiger partial charge in [0.05, 0.1) is 24.9 Å². The molecule has 0 bridgehead atoms. The van der Waals surface area contributed by atoms with Crippen LogP contribution in [0.3, 0.4) is 0 Å². The van der Waals surface area contributed by atoms with Crippen LogP contribution in [0.2, 0.25) is 0 Å². The zero-order valence-corrected chi connectivity index (χ0v) is 17.6. The van der Waals surface area contributed by atoms with Crippen LogP contribution in [0, 0.1) is 0 Å². The van der Waals surface area contributed by atoms with Gasteiger partial charge < -0.3 is 19.1 Å². The molecular weight excluding hydrogens is 372 g/mol. The smallest absolute Gasteiger partial charge is 0.277 e. The monoisotopic (exact) mass is 402 g/mol. The highest BCUT2D eigenvalue weighted by molar-refractivity contribution is 6.35. The first-order chi connectivity index (χ1) is 14.0. The molecule has 158 valence electrons. The first-order valence-corrected chi connectivity index (χ1v) is 10.2. The van der Waals surface area contributed by atoms with E-state index in [1.165, 1.54) is 4.90 Å². The normalized spacial score (nSPS) is 22.6. The number of benzene rings is 1. The van der Waals surface area contributed by atoms with Gasteiger partial charge in [0.2, 0.25) is 0 Å². The van der Waals surface area contributed by atoms with E-state index in [4.69, 9.17) is 14.2 Å². The van der Waals surface area contributed by atoms with Crippen LogP contribution in [0.5, 0.6) is 5.75 Å². The first kappa shape index (κ1) is 21.3. The third kappa shape index (κ3) is 4.62. The van der Waals surface area contributed by atoms with Gasteiger partial charge in [-0.3, -0.25) is 14.5 Å². The van der Waals surface area contributed by atoms with Gasteiger partial charge in [0.25, 0.3) is 11.8 Å². The Balaban J connectivity index is 1.94. The van der Waals surface area contributed by atoms with Crippen molar-refractivity contribution in [3.8, 4) is 5.75 Å². The third-order valence-corrected chi connectivity index (χ3v) is 5.13. The molecule has 29 heavy (non-hydrogen) atoms. The minimum atomic E-state index is -0.251. The number of imide groups is 1. The Hall–Kier alpha value is -2.38. The number of rotatable bonds is 8. The predicted octanol–water partition coefficient (Wildman–Crippen LogP) is 2.31. The van der Waals surface area contributed by atoms with E-state index in [1.807, 2.05) is 37.8 Å². The van der Waals surface area contributed by atoms with Gasteiger partial charge in [-0.1, -0.05) is 12.1 Å². The maximum absolute atomic E-state index is 13.3. The van der Waals surface area contributed by atoms with Gasteiger partial charge in [-0.2, -0.15) is 0 Å². The molecule has 0 aromatic heterocycles. The molecule has 1 aromatic carbocycles. The van der Waals surface area contributed by atoms with E-state index in [2.05, 4.69) is 0 Å². The van der Waals surface area contributed by atoms with Crippen LogP contribution in [0.15, 0.2) is 30.0 Å². The quantitative estimate of drug-likeness (QED) is 0.491. The molecule has 1 saturated heterocycles. The van der Waals surface area contributed by atoms with Crippen molar-refractivity contribution in [1.82, 2.24) is 9.80 Å². The highest BCUT2D eigenvalue weighted by atomic mass is 16.5. The number of amides is 2.